The Kier molecular flexibility index (Phi) is 5.76. The van der Waals surface area contributed by atoms with Crippen LogP contribution in [-0.4, -0.2) is 29.3 Å². The summed E-state index contributed by atoms with van der Waals surface area (Å²) < 4.78 is 4.40. The zero-order valence-electron chi connectivity index (χ0n) is 15.5. The Morgan fingerprint density at radius 2 is 1.79 bits per heavy atom. The Morgan fingerprint density at radius 3 is 2.50 bits per heavy atom. The van der Waals surface area contributed by atoms with E-state index in [4.69, 9.17) is 0 Å². The van der Waals surface area contributed by atoms with Crippen LogP contribution < -0.4 is 0 Å². The minimum Gasteiger partial charge on any atom is -0.332 e. The van der Waals surface area contributed by atoms with Crippen LogP contribution in [0.2, 0.25) is 0 Å². The van der Waals surface area contributed by atoms with Crippen molar-refractivity contribution in [1.29, 1.82) is 0 Å². The molecule has 7 nitrogen and oxygen atoms in total. The number of hydrogen-bond acceptors (Lipinski definition) is 5. The van der Waals surface area contributed by atoms with Gasteiger partial charge in [-0.25, -0.2) is 9.97 Å². The molecule has 2 heterocycles. The van der Waals surface area contributed by atoms with Crippen LogP contribution in [0.4, 0.5) is 5.69 Å². The molecule has 0 N–H and O–H groups in total. The summed E-state index contributed by atoms with van der Waals surface area (Å²) in [6, 6.07) is 7.57. The molecule has 0 saturated heterocycles. The summed E-state index contributed by atoms with van der Waals surface area (Å²) in [6.45, 7) is 0. The van der Waals surface area contributed by atoms with Gasteiger partial charge >= 0.3 is 0 Å². The zero-order chi connectivity index (χ0) is 19.3. The Bertz CT molecular complexity index is 897. The van der Waals surface area contributed by atoms with Gasteiger partial charge in [0, 0.05) is 47.4 Å². The average Bonchev–Trinajstić information content (AvgIpc) is 3.38. The van der Waals surface area contributed by atoms with E-state index in [0.29, 0.717) is 17.0 Å². The Hall–Kier alpha value is -2.61. The van der Waals surface area contributed by atoms with Crippen molar-refractivity contribution in [3.63, 3.8) is 0 Å². The van der Waals surface area contributed by atoms with E-state index in [-0.39, 0.29) is 16.7 Å². The number of thioether (sulfide) groups is 1. The van der Waals surface area contributed by atoms with Gasteiger partial charge in [0.05, 0.1) is 29.7 Å². The van der Waals surface area contributed by atoms with Crippen molar-refractivity contribution >= 4 is 17.4 Å². The minimum atomic E-state index is -0.287. The number of hydrogen-bond donors (Lipinski definition) is 0. The number of nitrogens with zero attached hydrogens (tertiary/aromatic N) is 5. The van der Waals surface area contributed by atoms with Gasteiger partial charge < -0.3 is 9.13 Å². The van der Waals surface area contributed by atoms with E-state index in [1.807, 2.05) is 61.3 Å². The van der Waals surface area contributed by atoms with Crippen molar-refractivity contribution in [2.75, 3.05) is 0 Å². The van der Waals surface area contributed by atoms with Gasteiger partial charge in [0.25, 0.3) is 5.69 Å². The second-order valence-electron chi connectivity index (χ2n) is 7.10. The van der Waals surface area contributed by atoms with Gasteiger partial charge in [-0.2, -0.15) is 11.8 Å². The first-order valence-corrected chi connectivity index (χ1v) is 10.6. The molecule has 8 heteroatoms. The molecule has 3 atom stereocenters. The second kappa shape index (κ2) is 8.60. The number of para-hydroxylation sites is 1. The highest BCUT2D eigenvalue weighted by molar-refractivity contribution is 7.99. The van der Waals surface area contributed by atoms with Crippen LogP contribution >= 0.6 is 11.8 Å². The van der Waals surface area contributed by atoms with E-state index in [9.17, 15) is 10.1 Å². The lowest BCUT2D eigenvalue weighted by atomic mass is 10.0. The maximum Gasteiger partial charge on any atom is 0.273 e. The molecule has 0 radical (unpaired) electrons. The summed E-state index contributed by atoms with van der Waals surface area (Å²) in [4.78, 5) is 19.6. The largest absolute Gasteiger partial charge is 0.332 e. The van der Waals surface area contributed by atoms with Crippen molar-refractivity contribution in [2.24, 2.45) is 0 Å². The van der Waals surface area contributed by atoms with Crippen LogP contribution in [0.3, 0.4) is 0 Å². The molecular weight excluding hydrogens is 374 g/mol. The maximum absolute atomic E-state index is 11.4. The highest BCUT2D eigenvalue weighted by atomic mass is 32.2. The summed E-state index contributed by atoms with van der Waals surface area (Å²) in [5, 5.41) is 11.7. The predicted octanol–water partition coefficient (Wildman–Crippen LogP) is 4.65. The van der Waals surface area contributed by atoms with Crippen molar-refractivity contribution < 1.29 is 4.92 Å². The van der Waals surface area contributed by atoms with E-state index in [1.54, 1.807) is 12.1 Å². The third kappa shape index (κ3) is 3.96. The lowest BCUT2D eigenvalue weighted by Gasteiger charge is -2.33. The standard InChI is InChI=1S/C20H23N5O2S/c26-25(27)17-6-2-1-5-16(17)13-28-19-8-4-3-7-18(23-11-9-21-14-23)20(19)24-12-10-22-15-24/h1-2,5-6,9-12,14-15,18-20H,3-4,7-8,13H2. The summed E-state index contributed by atoms with van der Waals surface area (Å²) in [5.41, 5.74) is 0.985. The molecule has 0 amide bonds. The van der Waals surface area contributed by atoms with E-state index < -0.39 is 0 Å². The molecule has 0 spiro atoms. The molecule has 1 fully saturated rings. The number of aromatic nitrogens is 4. The van der Waals surface area contributed by atoms with Crippen LogP contribution in [0.25, 0.3) is 0 Å². The first-order valence-electron chi connectivity index (χ1n) is 9.53. The fourth-order valence-corrected chi connectivity index (χ4v) is 5.60. The number of nitro benzene ring substituents is 1. The lowest BCUT2D eigenvalue weighted by Crippen LogP contribution is -2.29. The van der Waals surface area contributed by atoms with Gasteiger partial charge in [-0.3, -0.25) is 10.1 Å². The van der Waals surface area contributed by atoms with Crippen LogP contribution in [0.5, 0.6) is 0 Å². The van der Waals surface area contributed by atoms with Crippen molar-refractivity contribution in [3.05, 3.63) is 77.4 Å². The van der Waals surface area contributed by atoms with Gasteiger partial charge in [0.2, 0.25) is 0 Å². The first-order chi connectivity index (χ1) is 13.7. The van der Waals surface area contributed by atoms with Crippen molar-refractivity contribution in [3.8, 4) is 0 Å². The SMILES string of the molecule is O=[N+]([O-])c1ccccc1CSC1CCCCC(n2ccnc2)C1n1ccnc1. The zero-order valence-corrected chi connectivity index (χ0v) is 16.3. The molecule has 1 aliphatic rings. The molecule has 0 bridgehead atoms. The number of nitro groups is 1. The third-order valence-corrected chi connectivity index (χ3v) is 6.85. The topological polar surface area (TPSA) is 78.8 Å². The van der Waals surface area contributed by atoms with E-state index >= 15 is 0 Å². The summed E-state index contributed by atoms with van der Waals surface area (Å²) in [5.74, 6) is 0.629. The molecule has 28 heavy (non-hydrogen) atoms. The Labute approximate surface area is 168 Å². The maximum atomic E-state index is 11.4. The van der Waals surface area contributed by atoms with Crippen molar-refractivity contribution in [1.82, 2.24) is 19.1 Å². The monoisotopic (exact) mass is 397 g/mol. The predicted molar refractivity (Wildman–Crippen MR) is 109 cm³/mol. The molecule has 1 saturated carbocycles. The van der Waals surface area contributed by atoms with Gasteiger partial charge in [-0.15, -0.1) is 0 Å². The van der Waals surface area contributed by atoms with Gasteiger partial charge in [0.1, 0.15) is 0 Å². The highest BCUT2D eigenvalue weighted by Crippen LogP contribution is 2.43. The summed E-state index contributed by atoms with van der Waals surface area (Å²) in [6.07, 6.45) is 16.0. The fourth-order valence-electron chi connectivity index (χ4n) is 4.11. The smallest absolute Gasteiger partial charge is 0.273 e. The average molecular weight is 398 g/mol. The molecule has 0 aliphatic heterocycles. The van der Waals surface area contributed by atoms with Crippen LogP contribution in [0, 0.1) is 10.1 Å². The van der Waals surface area contributed by atoms with E-state index in [2.05, 4.69) is 19.1 Å². The Balaban J connectivity index is 1.61. The normalized spacial score (nSPS) is 22.6. The number of imidazole rings is 2. The molecule has 146 valence electrons. The molecule has 1 aromatic carbocycles. The lowest BCUT2D eigenvalue weighted by molar-refractivity contribution is -0.385. The van der Waals surface area contributed by atoms with Crippen molar-refractivity contribution in [2.45, 2.75) is 48.8 Å². The summed E-state index contributed by atoms with van der Waals surface area (Å²) in [7, 11) is 0. The number of rotatable bonds is 6. The fraction of sp³-hybridized carbons (Fsp3) is 0.400. The molecule has 3 aromatic rings. The van der Waals surface area contributed by atoms with Crippen LogP contribution in [0.1, 0.15) is 43.3 Å². The van der Waals surface area contributed by atoms with Gasteiger partial charge in [0.15, 0.2) is 0 Å². The van der Waals surface area contributed by atoms with Crippen LogP contribution in [-0.2, 0) is 5.75 Å². The van der Waals surface area contributed by atoms with Crippen LogP contribution in [0.15, 0.2) is 61.7 Å². The third-order valence-electron chi connectivity index (χ3n) is 5.43. The molecule has 1 aliphatic carbocycles. The molecular formula is C20H23N5O2S. The van der Waals surface area contributed by atoms with E-state index in [1.165, 1.54) is 0 Å². The van der Waals surface area contributed by atoms with Gasteiger partial charge in [-0.1, -0.05) is 31.0 Å². The molecule has 2 aromatic heterocycles. The second-order valence-corrected chi connectivity index (χ2v) is 8.32. The first kappa shape index (κ1) is 18.7. The Morgan fingerprint density at radius 1 is 1.07 bits per heavy atom. The van der Waals surface area contributed by atoms with E-state index in [0.717, 1.165) is 31.2 Å². The molecule has 4 rings (SSSR count). The number of benzene rings is 1. The van der Waals surface area contributed by atoms with Gasteiger partial charge in [-0.05, 0) is 12.8 Å². The molecule has 3 unspecified atom stereocenters. The summed E-state index contributed by atoms with van der Waals surface area (Å²) >= 11 is 1.82. The highest BCUT2D eigenvalue weighted by Gasteiger charge is 2.34. The minimum absolute atomic E-state index is 0.203. The quantitative estimate of drug-likeness (QED) is 0.344.